The summed E-state index contributed by atoms with van der Waals surface area (Å²) in [5, 5.41) is 2.77. The van der Waals surface area contributed by atoms with Crippen molar-refractivity contribution in [1.29, 1.82) is 0 Å². The van der Waals surface area contributed by atoms with E-state index in [1.807, 2.05) is 19.1 Å². The molecular formula is C20H26N2O5S. The molecule has 2 aromatic carbocycles. The molecule has 0 aromatic heterocycles. The molecule has 0 fully saturated rings. The minimum atomic E-state index is -3.68. The lowest BCUT2D eigenvalue weighted by Gasteiger charge is -2.30. The molecule has 1 amide bonds. The molecule has 0 spiro atoms. The first-order chi connectivity index (χ1) is 13.2. The number of nitrogens with one attached hydrogen (secondary N) is 1. The Kier molecular flexibility index (Phi) is 6.90. The van der Waals surface area contributed by atoms with Gasteiger partial charge in [0, 0.05) is 6.07 Å². The van der Waals surface area contributed by atoms with Crippen molar-refractivity contribution >= 4 is 27.3 Å². The molecule has 28 heavy (non-hydrogen) atoms. The molecule has 0 radical (unpaired) electrons. The number of hydrogen-bond acceptors (Lipinski definition) is 5. The van der Waals surface area contributed by atoms with Crippen molar-refractivity contribution in [3.63, 3.8) is 0 Å². The molecule has 0 aliphatic heterocycles. The number of anilines is 2. The fourth-order valence-electron chi connectivity index (χ4n) is 2.87. The molecule has 2 rings (SSSR count). The van der Waals surface area contributed by atoms with Crippen LogP contribution in [0.4, 0.5) is 11.4 Å². The van der Waals surface area contributed by atoms with Gasteiger partial charge in [-0.15, -0.1) is 0 Å². The van der Waals surface area contributed by atoms with Gasteiger partial charge in [-0.2, -0.15) is 0 Å². The van der Waals surface area contributed by atoms with Crippen LogP contribution in [0, 0.1) is 6.92 Å². The maximum atomic E-state index is 13.0. The predicted octanol–water partition coefficient (Wildman–Crippen LogP) is 3.20. The first-order valence-corrected chi connectivity index (χ1v) is 10.6. The van der Waals surface area contributed by atoms with E-state index in [0.717, 1.165) is 16.1 Å². The van der Waals surface area contributed by atoms with Gasteiger partial charge in [0.25, 0.3) is 0 Å². The van der Waals surface area contributed by atoms with Crippen molar-refractivity contribution < 1.29 is 22.7 Å². The van der Waals surface area contributed by atoms with Crippen LogP contribution in [-0.2, 0) is 14.8 Å². The van der Waals surface area contributed by atoms with Crippen LogP contribution in [0.25, 0.3) is 0 Å². The highest BCUT2D eigenvalue weighted by molar-refractivity contribution is 7.92. The van der Waals surface area contributed by atoms with Crippen molar-refractivity contribution in [2.45, 2.75) is 26.3 Å². The number of sulfonamides is 1. The van der Waals surface area contributed by atoms with E-state index in [4.69, 9.17) is 9.47 Å². The Morgan fingerprint density at radius 3 is 2.25 bits per heavy atom. The number of hydrogen-bond donors (Lipinski definition) is 1. The summed E-state index contributed by atoms with van der Waals surface area (Å²) in [6.45, 7) is 3.68. The van der Waals surface area contributed by atoms with Crippen LogP contribution in [0.3, 0.4) is 0 Å². The predicted molar refractivity (Wildman–Crippen MR) is 111 cm³/mol. The summed E-state index contributed by atoms with van der Waals surface area (Å²) in [4.78, 5) is 13.0. The Hall–Kier alpha value is -2.74. The molecular weight excluding hydrogens is 380 g/mol. The van der Waals surface area contributed by atoms with Crippen LogP contribution in [0.15, 0.2) is 42.5 Å². The first-order valence-electron chi connectivity index (χ1n) is 8.80. The van der Waals surface area contributed by atoms with Gasteiger partial charge in [0.2, 0.25) is 15.9 Å². The van der Waals surface area contributed by atoms with E-state index in [2.05, 4.69) is 5.32 Å². The third-order valence-corrected chi connectivity index (χ3v) is 5.46. The Bertz CT molecular complexity index is 926. The van der Waals surface area contributed by atoms with Gasteiger partial charge in [0.05, 0.1) is 31.9 Å². The second-order valence-electron chi connectivity index (χ2n) is 6.37. The summed E-state index contributed by atoms with van der Waals surface area (Å²) in [5.41, 5.74) is 1.87. The number of amides is 1. The summed E-state index contributed by atoms with van der Waals surface area (Å²) in [7, 11) is -0.668. The zero-order chi connectivity index (χ0) is 20.9. The van der Waals surface area contributed by atoms with E-state index in [1.165, 1.54) is 14.2 Å². The third-order valence-electron chi connectivity index (χ3n) is 4.28. The standard InChI is InChI=1S/C20H26N2O5S/c1-6-18(22(28(5,24)25)15-9-7-14(2)8-10-15)20(23)21-17-12-11-16(26-3)13-19(17)27-4/h7-13,18H,6H2,1-5H3,(H,21,23)/t18-/m1/s1. The van der Waals surface area contributed by atoms with E-state index in [9.17, 15) is 13.2 Å². The van der Waals surface area contributed by atoms with Crippen LogP contribution < -0.4 is 19.1 Å². The van der Waals surface area contributed by atoms with Crippen molar-refractivity contribution in [2.24, 2.45) is 0 Å². The Labute approximate surface area is 166 Å². The zero-order valence-corrected chi connectivity index (χ0v) is 17.5. The number of carbonyl (C=O) groups excluding carboxylic acids is 1. The quantitative estimate of drug-likeness (QED) is 0.728. The maximum absolute atomic E-state index is 13.0. The molecule has 2 aromatic rings. The first kappa shape index (κ1) is 21.6. The second-order valence-corrected chi connectivity index (χ2v) is 8.23. The minimum Gasteiger partial charge on any atom is -0.497 e. The number of ether oxygens (including phenoxy) is 2. The van der Waals surface area contributed by atoms with Crippen LogP contribution in [0.5, 0.6) is 11.5 Å². The number of nitrogens with zero attached hydrogens (tertiary/aromatic N) is 1. The molecule has 152 valence electrons. The van der Waals surface area contributed by atoms with Crippen molar-refractivity contribution in [2.75, 3.05) is 30.1 Å². The highest BCUT2D eigenvalue weighted by Crippen LogP contribution is 2.30. The van der Waals surface area contributed by atoms with Crippen molar-refractivity contribution in [1.82, 2.24) is 0 Å². The number of benzene rings is 2. The average Bonchev–Trinajstić information content (AvgIpc) is 2.66. The third kappa shape index (κ3) is 4.95. The lowest BCUT2D eigenvalue weighted by atomic mass is 10.1. The SMILES string of the molecule is CC[C@H](C(=O)Nc1ccc(OC)cc1OC)N(c1ccc(C)cc1)S(C)(=O)=O. The summed E-state index contributed by atoms with van der Waals surface area (Å²) >= 11 is 0. The molecule has 8 heteroatoms. The highest BCUT2D eigenvalue weighted by Gasteiger charge is 2.31. The molecule has 1 N–H and O–H groups in total. The van der Waals surface area contributed by atoms with E-state index >= 15 is 0 Å². The Morgan fingerprint density at radius 1 is 1.11 bits per heavy atom. The van der Waals surface area contributed by atoms with Gasteiger partial charge in [0.15, 0.2) is 0 Å². The normalized spacial score (nSPS) is 12.2. The molecule has 0 aliphatic carbocycles. The van der Waals surface area contributed by atoms with Crippen LogP contribution in [-0.4, -0.2) is 40.8 Å². The van der Waals surface area contributed by atoms with Crippen LogP contribution >= 0.6 is 0 Å². The highest BCUT2D eigenvalue weighted by atomic mass is 32.2. The molecule has 0 saturated carbocycles. The van der Waals surface area contributed by atoms with Crippen molar-refractivity contribution in [3.8, 4) is 11.5 Å². The van der Waals surface area contributed by atoms with Crippen LogP contribution in [0.1, 0.15) is 18.9 Å². The van der Waals surface area contributed by atoms with Crippen molar-refractivity contribution in [3.05, 3.63) is 48.0 Å². The van der Waals surface area contributed by atoms with Gasteiger partial charge in [0.1, 0.15) is 17.5 Å². The maximum Gasteiger partial charge on any atom is 0.248 e. The van der Waals surface area contributed by atoms with E-state index in [0.29, 0.717) is 29.3 Å². The topological polar surface area (TPSA) is 84.9 Å². The Balaban J connectivity index is 2.38. The van der Waals surface area contributed by atoms with E-state index in [1.54, 1.807) is 37.3 Å². The Morgan fingerprint density at radius 2 is 1.75 bits per heavy atom. The molecule has 0 heterocycles. The number of carbonyl (C=O) groups is 1. The van der Waals surface area contributed by atoms with Gasteiger partial charge >= 0.3 is 0 Å². The molecule has 7 nitrogen and oxygen atoms in total. The summed E-state index contributed by atoms with van der Waals surface area (Å²) in [6.07, 6.45) is 1.39. The lowest BCUT2D eigenvalue weighted by Crippen LogP contribution is -2.47. The fraction of sp³-hybridized carbons (Fsp3) is 0.350. The van der Waals surface area contributed by atoms with E-state index in [-0.39, 0.29) is 0 Å². The molecule has 0 bridgehead atoms. The van der Waals surface area contributed by atoms with Gasteiger partial charge < -0.3 is 14.8 Å². The van der Waals surface area contributed by atoms with Gasteiger partial charge in [-0.25, -0.2) is 8.42 Å². The zero-order valence-electron chi connectivity index (χ0n) is 16.7. The lowest BCUT2D eigenvalue weighted by molar-refractivity contribution is -0.117. The molecule has 0 saturated heterocycles. The van der Waals surface area contributed by atoms with Crippen LogP contribution in [0.2, 0.25) is 0 Å². The van der Waals surface area contributed by atoms with Gasteiger partial charge in [-0.1, -0.05) is 24.6 Å². The largest absolute Gasteiger partial charge is 0.497 e. The minimum absolute atomic E-state index is 0.297. The van der Waals surface area contributed by atoms with Gasteiger partial charge in [-0.3, -0.25) is 9.10 Å². The monoisotopic (exact) mass is 406 g/mol. The number of rotatable bonds is 8. The number of aryl methyl sites for hydroxylation is 1. The molecule has 1 atom stereocenters. The van der Waals surface area contributed by atoms with E-state index < -0.39 is 22.0 Å². The summed E-state index contributed by atoms with van der Waals surface area (Å²) in [6, 6.07) is 11.1. The second kappa shape index (κ2) is 8.97. The summed E-state index contributed by atoms with van der Waals surface area (Å²) in [5.74, 6) is 0.556. The fourth-order valence-corrected chi connectivity index (χ4v) is 4.08. The summed E-state index contributed by atoms with van der Waals surface area (Å²) < 4.78 is 36.6. The molecule has 0 unspecified atom stereocenters. The molecule has 0 aliphatic rings. The number of methoxy groups -OCH3 is 2. The smallest absolute Gasteiger partial charge is 0.248 e. The van der Waals surface area contributed by atoms with Gasteiger partial charge in [-0.05, 0) is 37.6 Å². The average molecular weight is 407 g/mol.